The lowest BCUT2D eigenvalue weighted by molar-refractivity contribution is -0.145. The summed E-state index contributed by atoms with van der Waals surface area (Å²) in [6.07, 6.45) is -0.496. The minimum Gasteiger partial charge on any atom is -0.496 e. The molecule has 1 saturated heterocycles. The lowest BCUT2D eigenvalue weighted by atomic mass is 10.1. The Bertz CT molecular complexity index is 474. The third kappa shape index (κ3) is 2.62. The van der Waals surface area contributed by atoms with Crippen LogP contribution in [-0.4, -0.2) is 38.9 Å². The van der Waals surface area contributed by atoms with Crippen molar-refractivity contribution in [3.63, 3.8) is 0 Å². The molecule has 0 unspecified atom stereocenters. The van der Waals surface area contributed by atoms with Crippen LogP contribution in [0.1, 0.15) is 16.8 Å². The quantitative estimate of drug-likeness (QED) is 0.762. The molecule has 0 amide bonds. The van der Waals surface area contributed by atoms with E-state index in [2.05, 4.69) is 0 Å². The average molecular weight is 266 g/mol. The van der Waals surface area contributed by atoms with Crippen molar-refractivity contribution in [2.24, 2.45) is 0 Å². The van der Waals surface area contributed by atoms with Crippen molar-refractivity contribution in [3.05, 3.63) is 23.8 Å². The van der Waals surface area contributed by atoms with Crippen LogP contribution in [0.25, 0.3) is 0 Å². The summed E-state index contributed by atoms with van der Waals surface area (Å²) in [5.74, 6) is -0.535. The predicted molar refractivity (Wildman–Crippen MR) is 64.3 cm³/mol. The van der Waals surface area contributed by atoms with Crippen molar-refractivity contribution in [1.29, 1.82) is 0 Å². The molecule has 6 nitrogen and oxygen atoms in total. The number of carbonyl (C=O) groups excluding carboxylic acids is 2. The first-order chi connectivity index (χ1) is 9.17. The fourth-order valence-electron chi connectivity index (χ4n) is 1.82. The Hall–Kier alpha value is -2.24. The Kier molecular flexibility index (Phi) is 3.89. The fraction of sp³-hybridized carbons (Fsp3) is 0.385. The second kappa shape index (κ2) is 5.60. The first kappa shape index (κ1) is 13.2. The van der Waals surface area contributed by atoms with E-state index in [-0.39, 0.29) is 12.2 Å². The molecule has 0 N–H and O–H groups in total. The molecular formula is C13H14O6. The number of esters is 2. The molecule has 1 heterocycles. The van der Waals surface area contributed by atoms with Gasteiger partial charge in [0.15, 0.2) is 0 Å². The Morgan fingerprint density at radius 2 is 1.89 bits per heavy atom. The van der Waals surface area contributed by atoms with Crippen LogP contribution in [0.4, 0.5) is 0 Å². The molecule has 1 aromatic rings. The minimum atomic E-state index is -0.859. The third-order valence-corrected chi connectivity index (χ3v) is 2.77. The number of methoxy groups -OCH3 is 2. The van der Waals surface area contributed by atoms with Crippen LogP contribution in [0.15, 0.2) is 18.2 Å². The molecule has 2 rings (SSSR count). The molecule has 0 bridgehead atoms. The summed E-state index contributed by atoms with van der Waals surface area (Å²) in [7, 11) is 2.88. The van der Waals surface area contributed by atoms with Gasteiger partial charge < -0.3 is 18.9 Å². The normalized spacial score (nSPS) is 17.8. The fourth-order valence-corrected chi connectivity index (χ4v) is 1.82. The standard InChI is InChI=1S/C13H14O6/c1-16-8-4-3-5-9(17-2)11(8)13(15)19-10-6-7-18-12(10)14/h3-5,10H,6-7H2,1-2H3/t10-/m0/s1. The molecule has 0 aliphatic carbocycles. The number of benzene rings is 1. The maximum atomic E-state index is 12.1. The zero-order valence-corrected chi connectivity index (χ0v) is 10.7. The van der Waals surface area contributed by atoms with E-state index < -0.39 is 18.0 Å². The van der Waals surface area contributed by atoms with Gasteiger partial charge in [0.2, 0.25) is 6.10 Å². The smallest absolute Gasteiger partial charge is 0.347 e. The number of hydrogen-bond donors (Lipinski definition) is 0. The number of ether oxygens (including phenoxy) is 4. The summed E-state index contributed by atoms with van der Waals surface area (Å²) in [6, 6.07) is 4.93. The highest BCUT2D eigenvalue weighted by Crippen LogP contribution is 2.29. The molecule has 0 radical (unpaired) electrons. The van der Waals surface area contributed by atoms with E-state index in [0.29, 0.717) is 17.9 Å². The summed E-state index contributed by atoms with van der Waals surface area (Å²) in [5, 5.41) is 0. The number of rotatable bonds is 4. The summed E-state index contributed by atoms with van der Waals surface area (Å²) < 4.78 is 20.1. The zero-order valence-electron chi connectivity index (χ0n) is 10.7. The van der Waals surface area contributed by atoms with Crippen molar-refractivity contribution in [2.45, 2.75) is 12.5 Å². The number of carbonyl (C=O) groups is 2. The average Bonchev–Trinajstić information content (AvgIpc) is 2.83. The number of hydrogen-bond acceptors (Lipinski definition) is 6. The van der Waals surface area contributed by atoms with Crippen molar-refractivity contribution < 1.29 is 28.5 Å². The lowest BCUT2D eigenvalue weighted by Gasteiger charge is -2.13. The van der Waals surface area contributed by atoms with Crippen LogP contribution in [0.5, 0.6) is 11.5 Å². The zero-order chi connectivity index (χ0) is 13.8. The van der Waals surface area contributed by atoms with Crippen LogP contribution in [0, 0.1) is 0 Å². The Labute approximate surface area is 110 Å². The van der Waals surface area contributed by atoms with Gasteiger partial charge in [-0.3, -0.25) is 0 Å². The van der Waals surface area contributed by atoms with Gasteiger partial charge in [-0.05, 0) is 12.1 Å². The van der Waals surface area contributed by atoms with Crippen molar-refractivity contribution in [1.82, 2.24) is 0 Å². The third-order valence-electron chi connectivity index (χ3n) is 2.77. The summed E-state index contributed by atoms with van der Waals surface area (Å²) >= 11 is 0. The van der Waals surface area contributed by atoms with Gasteiger partial charge in [-0.15, -0.1) is 0 Å². The lowest BCUT2D eigenvalue weighted by Crippen LogP contribution is -2.23. The number of cyclic esters (lactones) is 1. The van der Waals surface area contributed by atoms with E-state index in [0.717, 1.165) is 0 Å². The van der Waals surface area contributed by atoms with E-state index >= 15 is 0 Å². The second-order valence-corrected chi connectivity index (χ2v) is 3.89. The van der Waals surface area contributed by atoms with E-state index in [1.54, 1.807) is 18.2 Å². The highest BCUT2D eigenvalue weighted by Gasteiger charge is 2.32. The second-order valence-electron chi connectivity index (χ2n) is 3.89. The maximum Gasteiger partial charge on any atom is 0.347 e. The van der Waals surface area contributed by atoms with Gasteiger partial charge in [-0.1, -0.05) is 6.07 Å². The molecule has 6 heteroatoms. The molecule has 0 saturated carbocycles. The van der Waals surface area contributed by atoms with E-state index in [4.69, 9.17) is 18.9 Å². The topological polar surface area (TPSA) is 71.1 Å². The van der Waals surface area contributed by atoms with Gasteiger partial charge >= 0.3 is 11.9 Å². The monoisotopic (exact) mass is 266 g/mol. The van der Waals surface area contributed by atoms with Crippen LogP contribution in [-0.2, 0) is 14.3 Å². The minimum absolute atomic E-state index is 0.159. The molecule has 1 aliphatic heterocycles. The van der Waals surface area contributed by atoms with Gasteiger partial charge in [0.25, 0.3) is 0 Å². The highest BCUT2D eigenvalue weighted by molar-refractivity contribution is 5.97. The van der Waals surface area contributed by atoms with E-state index in [1.165, 1.54) is 14.2 Å². The first-order valence-corrected chi connectivity index (χ1v) is 5.76. The van der Waals surface area contributed by atoms with Crippen LogP contribution in [0.3, 0.4) is 0 Å². The van der Waals surface area contributed by atoms with Gasteiger partial charge in [0.1, 0.15) is 17.1 Å². The predicted octanol–water partition coefficient (Wildman–Crippen LogP) is 1.18. The SMILES string of the molecule is COc1cccc(OC)c1C(=O)O[C@H]1CCOC1=O. The molecule has 1 aromatic carbocycles. The molecule has 1 aliphatic rings. The van der Waals surface area contributed by atoms with Gasteiger partial charge in [-0.2, -0.15) is 0 Å². The maximum absolute atomic E-state index is 12.1. The highest BCUT2D eigenvalue weighted by atomic mass is 16.6. The molecule has 0 spiro atoms. The Morgan fingerprint density at radius 1 is 1.26 bits per heavy atom. The molecule has 102 valence electrons. The molecular weight excluding hydrogens is 252 g/mol. The van der Waals surface area contributed by atoms with E-state index in [1.807, 2.05) is 0 Å². The van der Waals surface area contributed by atoms with Crippen LogP contribution in [0.2, 0.25) is 0 Å². The van der Waals surface area contributed by atoms with Crippen molar-refractivity contribution in [2.75, 3.05) is 20.8 Å². The molecule has 1 fully saturated rings. The van der Waals surface area contributed by atoms with Crippen molar-refractivity contribution >= 4 is 11.9 Å². The summed E-state index contributed by atoms with van der Waals surface area (Å²) in [5.41, 5.74) is 0.159. The molecule has 19 heavy (non-hydrogen) atoms. The molecule has 0 aromatic heterocycles. The van der Waals surface area contributed by atoms with Gasteiger partial charge in [-0.25, -0.2) is 9.59 Å². The largest absolute Gasteiger partial charge is 0.496 e. The van der Waals surface area contributed by atoms with Gasteiger partial charge in [0, 0.05) is 6.42 Å². The Balaban J connectivity index is 2.24. The van der Waals surface area contributed by atoms with Crippen LogP contribution < -0.4 is 9.47 Å². The van der Waals surface area contributed by atoms with Gasteiger partial charge in [0.05, 0.1) is 20.8 Å². The summed E-state index contributed by atoms with van der Waals surface area (Å²) in [4.78, 5) is 23.4. The van der Waals surface area contributed by atoms with Crippen LogP contribution >= 0.6 is 0 Å². The Morgan fingerprint density at radius 3 is 2.37 bits per heavy atom. The molecule has 1 atom stereocenters. The van der Waals surface area contributed by atoms with E-state index in [9.17, 15) is 9.59 Å². The first-order valence-electron chi connectivity index (χ1n) is 5.76. The van der Waals surface area contributed by atoms with Crippen molar-refractivity contribution in [3.8, 4) is 11.5 Å². The summed E-state index contributed by atoms with van der Waals surface area (Å²) in [6.45, 7) is 0.264.